The van der Waals surface area contributed by atoms with E-state index in [0.29, 0.717) is 6.10 Å². The third-order valence-electron chi connectivity index (χ3n) is 3.46. The Labute approximate surface area is 126 Å². The van der Waals surface area contributed by atoms with Crippen molar-refractivity contribution in [2.45, 2.75) is 38.8 Å². The normalized spacial score (nSPS) is 18.7. The zero-order valence-corrected chi connectivity index (χ0v) is 13.3. The molecule has 2 rings (SSSR count). The highest BCUT2D eigenvalue weighted by Gasteiger charge is 2.22. The molecule has 1 heterocycles. The van der Waals surface area contributed by atoms with Crippen LogP contribution in [0.4, 0.5) is 16.2 Å². The fourth-order valence-electron chi connectivity index (χ4n) is 2.41. The molecule has 0 radical (unpaired) electrons. The molecule has 2 N–H and O–H groups in total. The van der Waals surface area contributed by atoms with Gasteiger partial charge in [0, 0.05) is 37.1 Å². The quantitative estimate of drug-likeness (QED) is 0.900. The Bertz CT molecular complexity index is 479. The summed E-state index contributed by atoms with van der Waals surface area (Å²) >= 11 is 0. The first kappa shape index (κ1) is 15.6. The van der Waals surface area contributed by atoms with E-state index in [0.717, 1.165) is 30.9 Å². The summed E-state index contributed by atoms with van der Waals surface area (Å²) in [4.78, 5) is 14.1. The highest BCUT2D eigenvalue weighted by molar-refractivity contribution is 5.89. The van der Waals surface area contributed by atoms with Gasteiger partial charge in [-0.25, -0.2) is 4.79 Å². The Kier molecular flexibility index (Phi) is 4.73. The van der Waals surface area contributed by atoms with E-state index in [2.05, 4.69) is 15.5 Å². The lowest BCUT2D eigenvalue weighted by molar-refractivity contribution is 0.121. The van der Waals surface area contributed by atoms with Crippen molar-refractivity contribution in [3.63, 3.8) is 0 Å². The number of ether oxygens (including phenoxy) is 1. The van der Waals surface area contributed by atoms with Crippen LogP contribution in [-0.2, 0) is 4.74 Å². The second-order valence-electron chi connectivity index (χ2n) is 6.47. The maximum Gasteiger partial charge on any atom is 0.319 e. The van der Waals surface area contributed by atoms with Crippen molar-refractivity contribution in [3.8, 4) is 0 Å². The third-order valence-corrected chi connectivity index (χ3v) is 3.46. The van der Waals surface area contributed by atoms with Gasteiger partial charge in [0.2, 0.25) is 0 Å². The van der Waals surface area contributed by atoms with Crippen LogP contribution in [0.3, 0.4) is 0 Å². The molecule has 1 atom stereocenters. The minimum Gasteiger partial charge on any atom is -0.380 e. The van der Waals surface area contributed by atoms with E-state index in [9.17, 15) is 4.79 Å². The lowest BCUT2D eigenvalue weighted by Gasteiger charge is -2.21. The summed E-state index contributed by atoms with van der Waals surface area (Å²) < 4.78 is 5.38. The van der Waals surface area contributed by atoms with Gasteiger partial charge in [-0.3, -0.25) is 0 Å². The van der Waals surface area contributed by atoms with E-state index in [1.807, 2.05) is 45.0 Å². The van der Waals surface area contributed by atoms with E-state index in [1.165, 1.54) is 0 Å². The number of nitrogens with zero attached hydrogens (tertiary/aromatic N) is 1. The van der Waals surface area contributed by atoms with Gasteiger partial charge in [0.05, 0.1) is 6.10 Å². The molecule has 1 aliphatic rings. The molecule has 1 aromatic carbocycles. The van der Waals surface area contributed by atoms with Crippen molar-refractivity contribution >= 4 is 17.4 Å². The molecule has 1 fully saturated rings. The number of anilines is 2. The van der Waals surface area contributed by atoms with Gasteiger partial charge < -0.3 is 20.3 Å². The maximum atomic E-state index is 11.8. The topological polar surface area (TPSA) is 53.6 Å². The van der Waals surface area contributed by atoms with Crippen LogP contribution in [-0.4, -0.2) is 37.9 Å². The van der Waals surface area contributed by atoms with E-state index in [1.54, 1.807) is 7.11 Å². The molecule has 0 unspecified atom stereocenters. The molecule has 21 heavy (non-hydrogen) atoms. The smallest absolute Gasteiger partial charge is 0.319 e. The number of carbonyl (C=O) groups is 1. The van der Waals surface area contributed by atoms with Gasteiger partial charge in [-0.1, -0.05) is 0 Å². The first-order valence-electron chi connectivity index (χ1n) is 7.34. The molecular formula is C16H25N3O2. The predicted molar refractivity (Wildman–Crippen MR) is 86.0 cm³/mol. The molecule has 0 spiro atoms. The highest BCUT2D eigenvalue weighted by atomic mass is 16.5. The summed E-state index contributed by atoms with van der Waals surface area (Å²) in [7, 11) is 1.76. The first-order valence-corrected chi connectivity index (χ1v) is 7.34. The molecule has 2 amide bonds. The summed E-state index contributed by atoms with van der Waals surface area (Å²) in [6.45, 7) is 7.80. The monoisotopic (exact) mass is 291 g/mol. The second kappa shape index (κ2) is 6.35. The molecule has 0 aliphatic carbocycles. The predicted octanol–water partition coefficient (Wildman–Crippen LogP) is 2.83. The standard InChI is InChI=1S/C16H25N3O2/c1-16(2,3)18-15(20)17-12-5-7-13(8-6-12)19-10-9-14(11-19)21-4/h5-8,14H,9-11H2,1-4H3,(H2,17,18,20)/t14-/m1/s1. The number of rotatable bonds is 3. The number of amides is 2. The largest absolute Gasteiger partial charge is 0.380 e. The van der Waals surface area contributed by atoms with Crippen LogP contribution in [0.1, 0.15) is 27.2 Å². The minimum absolute atomic E-state index is 0.184. The van der Waals surface area contributed by atoms with Crippen LogP contribution < -0.4 is 15.5 Å². The fraction of sp³-hybridized carbons (Fsp3) is 0.562. The Balaban J connectivity index is 1.92. The SMILES string of the molecule is CO[C@@H]1CCN(c2ccc(NC(=O)NC(C)(C)C)cc2)C1. The molecule has 1 aliphatic heterocycles. The molecule has 1 saturated heterocycles. The number of nitrogens with one attached hydrogen (secondary N) is 2. The molecule has 1 aromatic rings. The second-order valence-corrected chi connectivity index (χ2v) is 6.47. The number of methoxy groups -OCH3 is 1. The lowest BCUT2D eigenvalue weighted by Crippen LogP contribution is -2.43. The average Bonchev–Trinajstić information content (AvgIpc) is 2.86. The Hall–Kier alpha value is -1.75. The summed E-state index contributed by atoms with van der Waals surface area (Å²) in [5.74, 6) is 0. The van der Waals surface area contributed by atoms with Crippen molar-refractivity contribution in [1.29, 1.82) is 0 Å². The molecule has 0 bridgehead atoms. The van der Waals surface area contributed by atoms with Crippen LogP contribution in [0.5, 0.6) is 0 Å². The lowest BCUT2D eigenvalue weighted by atomic mass is 10.1. The van der Waals surface area contributed by atoms with Crippen LogP contribution in [0.2, 0.25) is 0 Å². The van der Waals surface area contributed by atoms with Crippen molar-refractivity contribution in [1.82, 2.24) is 5.32 Å². The van der Waals surface area contributed by atoms with Gasteiger partial charge in [0.25, 0.3) is 0 Å². The zero-order chi connectivity index (χ0) is 15.5. The van der Waals surface area contributed by atoms with Crippen LogP contribution in [0.25, 0.3) is 0 Å². The summed E-state index contributed by atoms with van der Waals surface area (Å²) in [6, 6.07) is 7.74. The summed E-state index contributed by atoms with van der Waals surface area (Å²) in [5.41, 5.74) is 1.72. The summed E-state index contributed by atoms with van der Waals surface area (Å²) in [6.07, 6.45) is 1.38. The van der Waals surface area contributed by atoms with Crippen LogP contribution >= 0.6 is 0 Å². The number of hydrogen-bond acceptors (Lipinski definition) is 3. The Morgan fingerprint density at radius 2 is 1.95 bits per heavy atom. The molecule has 5 nitrogen and oxygen atoms in total. The summed E-state index contributed by atoms with van der Waals surface area (Å²) in [5, 5.41) is 5.72. The minimum atomic E-state index is -0.241. The number of benzene rings is 1. The van der Waals surface area contributed by atoms with E-state index < -0.39 is 0 Å². The van der Waals surface area contributed by atoms with E-state index in [-0.39, 0.29) is 11.6 Å². The maximum absolute atomic E-state index is 11.8. The Morgan fingerprint density at radius 3 is 2.48 bits per heavy atom. The van der Waals surface area contributed by atoms with Gasteiger partial charge in [-0.15, -0.1) is 0 Å². The van der Waals surface area contributed by atoms with Gasteiger partial charge in [-0.2, -0.15) is 0 Å². The van der Waals surface area contributed by atoms with Gasteiger partial charge in [-0.05, 0) is 51.5 Å². The molecule has 116 valence electrons. The molecular weight excluding hydrogens is 266 g/mol. The zero-order valence-electron chi connectivity index (χ0n) is 13.3. The molecule has 0 aromatic heterocycles. The Morgan fingerprint density at radius 1 is 1.29 bits per heavy atom. The van der Waals surface area contributed by atoms with Crippen molar-refractivity contribution in [2.24, 2.45) is 0 Å². The third kappa shape index (κ3) is 4.63. The molecule has 0 saturated carbocycles. The van der Waals surface area contributed by atoms with Crippen molar-refractivity contribution < 1.29 is 9.53 Å². The van der Waals surface area contributed by atoms with E-state index in [4.69, 9.17) is 4.74 Å². The van der Waals surface area contributed by atoms with Gasteiger partial charge in [0.1, 0.15) is 0 Å². The van der Waals surface area contributed by atoms with Crippen LogP contribution in [0, 0.1) is 0 Å². The fourth-order valence-corrected chi connectivity index (χ4v) is 2.41. The van der Waals surface area contributed by atoms with Gasteiger partial charge >= 0.3 is 6.03 Å². The molecule has 5 heteroatoms. The van der Waals surface area contributed by atoms with Gasteiger partial charge in [0.15, 0.2) is 0 Å². The number of hydrogen-bond donors (Lipinski definition) is 2. The van der Waals surface area contributed by atoms with Crippen molar-refractivity contribution in [2.75, 3.05) is 30.4 Å². The van der Waals surface area contributed by atoms with Crippen molar-refractivity contribution in [3.05, 3.63) is 24.3 Å². The highest BCUT2D eigenvalue weighted by Crippen LogP contribution is 2.23. The number of carbonyl (C=O) groups excluding carboxylic acids is 1. The first-order chi connectivity index (χ1) is 9.87. The van der Waals surface area contributed by atoms with E-state index >= 15 is 0 Å². The number of urea groups is 1. The average molecular weight is 291 g/mol. The van der Waals surface area contributed by atoms with Crippen LogP contribution in [0.15, 0.2) is 24.3 Å².